The molecule has 114 valence electrons. The van der Waals surface area contributed by atoms with E-state index in [-0.39, 0.29) is 22.3 Å². The molecular formula is C16H17N3O2S. The largest absolute Gasteiger partial charge is 0.507 e. The minimum atomic E-state index is -0.123. The van der Waals surface area contributed by atoms with Crippen LogP contribution in [0, 0.1) is 0 Å². The Morgan fingerprint density at radius 1 is 1.18 bits per heavy atom. The van der Waals surface area contributed by atoms with E-state index in [1.54, 1.807) is 24.3 Å². The van der Waals surface area contributed by atoms with Gasteiger partial charge in [0.25, 0.3) is 0 Å². The maximum absolute atomic E-state index is 10.5. The van der Waals surface area contributed by atoms with Crippen molar-refractivity contribution in [1.82, 2.24) is 0 Å². The molecule has 0 amide bonds. The van der Waals surface area contributed by atoms with Gasteiger partial charge in [0.2, 0.25) is 5.11 Å². The van der Waals surface area contributed by atoms with Crippen LogP contribution in [0.25, 0.3) is 10.8 Å². The fourth-order valence-electron chi connectivity index (χ4n) is 2.14. The Kier molecular flexibility index (Phi) is 4.72. The van der Waals surface area contributed by atoms with Crippen molar-refractivity contribution in [3.05, 3.63) is 41.5 Å². The highest BCUT2D eigenvalue weighted by Crippen LogP contribution is 2.45. The van der Waals surface area contributed by atoms with E-state index in [1.165, 1.54) is 0 Å². The predicted molar refractivity (Wildman–Crippen MR) is 91.7 cm³/mol. The molecule has 0 unspecified atom stereocenters. The van der Waals surface area contributed by atoms with Crippen LogP contribution in [0.1, 0.15) is 19.4 Å². The van der Waals surface area contributed by atoms with E-state index >= 15 is 0 Å². The van der Waals surface area contributed by atoms with Gasteiger partial charge in [0.05, 0.1) is 0 Å². The molecule has 0 spiro atoms. The van der Waals surface area contributed by atoms with Gasteiger partial charge >= 0.3 is 0 Å². The number of phenolic OH excluding ortho intramolecular Hbond substituents is 2. The molecule has 0 aromatic heterocycles. The number of thiocarbonyl (C=S) groups is 1. The summed E-state index contributed by atoms with van der Waals surface area (Å²) in [6.45, 7) is 3.89. The Hall–Kier alpha value is -2.47. The van der Waals surface area contributed by atoms with Gasteiger partial charge in [-0.15, -0.1) is 10.2 Å². The van der Waals surface area contributed by atoms with Gasteiger partial charge in [-0.05, 0) is 32.5 Å². The summed E-state index contributed by atoms with van der Waals surface area (Å²) in [6.07, 6.45) is 2.30. The number of nitrogens with zero attached hydrogens (tertiary/aromatic N) is 2. The van der Waals surface area contributed by atoms with Crippen molar-refractivity contribution < 1.29 is 10.2 Å². The predicted octanol–water partition coefficient (Wildman–Crippen LogP) is 4.09. The molecule has 4 N–H and O–H groups in total. The number of hydrogen-bond donors (Lipinski definition) is 3. The summed E-state index contributed by atoms with van der Waals surface area (Å²) in [5.74, 6) is -0.0754. The Bertz CT molecular complexity index is 794. The topological polar surface area (TPSA) is 91.2 Å². The SMILES string of the molecule is CC(C)=CCc1c(O)c(N=NC(N)=S)c2ccccc2c1O. The third kappa shape index (κ3) is 3.23. The zero-order chi connectivity index (χ0) is 16.3. The van der Waals surface area contributed by atoms with Gasteiger partial charge in [0, 0.05) is 16.3 Å². The second kappa shape index (κ2) is 6.53. The lowest BCUT2D eigenvalue weighted by Crippen LogP contribution is -2.01. The average molecular weight is 315 g/mol. The van der Waals surface area contributed by atoms with Crippen LogP contribution in [0.3, 0.4) is 0 Å². The number of azo groups is 1. The first-order valence-electron chi connectivity index (χ1n) is 6.72. The smallest absolute Gasteiger partial charge is 0.211 e. The minimum absolute atomic E-state index is 0.0416. The third-order valence-corrected chi connectivity index (χ3v) is 3.28. The van der Waals surface area contributed by atoms with E-state index in [1.807, 2.05) is 19.9 Å². The van der Waals surface area contributed by atoms with Crippen molar-refractivity contribution in [2.75, 3.05) is 0 Å². The van der Waals surface area contributed by atoms with Gasteiger partial charge in [0.15, 0.2) is 5.75 Å². The lowest BCUT2D eigenvalue weighted by Gasteiger charge is -2.12. The molecule has 0 saturated heterocycles. The van der Waals surface area contributed by atoms with Gasteiger partial charge < -0.3 is 15.9 Å². The van der Waals surface area contributed by atoms with E-state index in [0.29, 0.717) is 22.8 Å². The van der Waals surface area contributed by atoms with Crippen molar-refractivity contribution in [2.24, 2.45) is 16.0 Å². The van der Waals surface area contributed by atoms with Crippen molar-refractivity contribution in [1.29, 1.82) is 0 Å². The summed E-state index contributed by atoms with van der Waals surface area (Å²) in [5.41, 5.74) is 7.06. The molecule has 0 heterocycles. The third-order valence-electron chi connectivity index (χ3n) is 3.20. The van der Waals surface area contributed by atoms with Crippen LogP contribution in [0.5, 0.6) is 11.5 Å². The summed E-state index contributed by atoms with van der Waals surface area (Å²) in [5, 5.41) is 29.5. The molecular weight excluding hydrogens is 298 g/mol. The van der Waals surface area contributed by atoms with Crippen LogP contribution < -0.4 is 5.73 Å². The highest BCUT2D eigenvalue weighted by atomic mass is 32.1. The number of benzene rings is 2. The Balaban J connectivity index is 2.75. The molecule has 22 heavy (non-hydrogen) atoms. The molecule has 0 aliphatic heterocycles. The van der Waals surface area contributed by atoms with Crippen LogP contribution >= 0.6 is 12.2 Å². The van der Waals surface area contributed by atoms with Crippen molar-refractivity contribution in [3.63, 3.8) is 0 Å². The minimum Gasteiger partial charge on any atom is -0.507 e. The number of rotatable bonds is 3. The molecule has 0 aliphatic rings. The zero-order valence-corrected chi connectivity index (χ0v) is 13.2. The number of allylic oxidation sites excluding steroid dienone is 2. The normalized spacial score (nSPS) is 11.0. The summed E-state index contributed by atoms with van der Waals surface area (Å²) in [7, 11) is 0. The monoisotopic (exact) mass is 315 g/mol. The van der Waals surface area contributed by atoms with Crippen molar-refractivity contribution >= 4 is 33.8 Å². The number of aromatic hydroxyl groups is 2. The molecule has 6 heteroatoms. The number of nitrogens with two attached hydrogens (primary N) is 1. The maximum atomic E-state index is 10.5. The fraction of sp³-hybridized carbons (Fsp3) is 0.188. The van der Waals surface area contributed by atoms with Gasteiger partial charge in [0.1, 0.15) is 11.4 Å². The van der Waals surface area contributed by atoms with E-state index < -0.39 is 0 Å². The van der Waals surface area contributed by atoms with Crippen LogP contribution in [0.4, 0.5) is 5.69 Å². The molecule has 5 nitrogen and oxygen atoms in total. The average Bonchev–Trinajstić information content (AvgIpc) is 2.46. The first-order chi connectivity index (χ1) is 10.4. The van der Waals surface area contributed by atoms with Crippen LogP contribution in [0.2, 0.25) is 0 Å². The molecule has 0 atom stereocenters. The van der Waals surface area contributed by atoms with Crippen LogP contribution in [-0.2, 0) is 6.42 Å². The van der Waals surface area contributed by atoms with E-state index in [0.717, 1.165) is 5.57 Å². The molecule has 0 saturated carbocycles. The van der Waals surface area contributed by atoms with E-state index in [2.05, 4.69) is 22.4 Å². The van der Waals surface area contributed by atoms with Crippen molar-refractivity contribution in [3.8, 4) is 11.5 Å². The van der Waals surface area contributed by atoms with Crippen molar-refractivity contribution in [2.45, 2.75) is 20.3 Å². The Morgan fingerprint density at radius 2 is 1.82 bits per heavy atom. The van der Waals surface area contributed by atoms with Gasteiger partial charge in [-0.3, -0.25) is 0 Å². The Morgan fingerprint density at radius 3 is 2.41 bits per heavy atom. The fourth-order valence-corrected chi connectivity index (χ4v) is 2.18. The van der Waals surface area contributed by atoms with Gasteiger partial charge in [-0.2, -0.15) is 0 Å². The summed E-state index contributed by atoms with van der Waals surface area (Å²) in [4.78, 5) is 0. The van der Waals surface area contributed by atoms with E-state index in [9.17, 15) is 10.2 Å². The second-order valence-corrected chi connectivity index (χ2v) is 5.51. The highest BCUT2D eigenvalue weighted by Gasteiger charge is 2.17. The number of hydrogen-bond acceptors (Lipinski definition) is 4. The maximum Gasteiger partial charge on any atom is 0.211 e. The lowest BCUT2D eigenvalue weighted by atomic mass is 9.99. The zero-order valence-electron chi connectivity index (χ0n) is 12.4. The number of phenols is 2. The molecule has 0 radical (unpaired) electrons. The second-order valence-electron chi connectivity index (χ2n) is 5.09. The standard InChI is InChI=1S/C16H17N3O2S/c1-9(2)7-8-12-14(20)11-6-4-3-5-10(11)13(15(12)21)18-19-16(17)22/h3-7,20-21H,8H2,1-2H3,(H2,17,22). The molecule has 2 aromatic rings. The lowest BCUT2D eigenvalue weighted by molar-refractivity contribution is 0.446. The summed E-state index contributed by atoms with van der Waals surface area (Å²) in [6, 6.07) is 7.10. The molecule has 0 bridgehead atoms. The molecule has 0 aliphatic carbocycles. The van der Waals surface area contributed by atoms with Gasteiger partial charge in [-0.25, -0.2) is 0 Å². The van der Waals surface area contributed by atoms with Crippen LogP contribution in [-0.4, -0.2) is 15.3 Å². The molecule has 2 aromatic carbocycles. The number of fused-ring (bicyclic) bond motifs is 1. The molecule has 2 rings (SSSR count). The van der Waals surface area contributed by atoms with Crippen LogP contribution in [0.15, 0.2) is 46.1 Å². The quantitative estimate of drug-likeness (QED) is 0.452. The summed E-state index contributed by atoms with van der Waals surface area (Å²) < 4.78 is 0. The highest BCUT2D eigenvalue weighted by molar-refractivity contribution is 7.80. The molecule has 0 fully saturated rings. The first-order valence-corrected chi connectivity index (χ1v) is 7.12. The van der Waals surface area contributed by atoms with E-state index in [4.69, 9.17) is 5.73 Å². The van der Waals surface area contributed by atoms with Gasteiger partial charge in [-0.1, -0.05) is 35.9 Å². The first kappa shape index (κ1) is 15.9. The summed E-state index contributed by atoms with van der Waals surface area (Å²) >= 11 is 4.68. The Labute approximate surface area is 133 Å².